The van der Waals surface area contributed by atoms with Crippen molar-refractivity contribution in [2.75, 3.05) is 6.61 Å². The van der Waals surface area contributed by atoms with E-state index in [0.717, 1.165) is 5.56 Å². The highest BCUT2D eigenvalue weighted by Gasteiger charge is 2.64. The molecule has 0 radical (unpaired) electrons. The Bertz CT molecular complexity index is 557. The maximum absolute atomic E-state index is 13.6. The maximum Gasteiger partial charge on any atom is 0.419 e. The molecule has 2 amide bonds. The second-order valence-corrected chi connectivity index (χ2v) is 5.91. The van der Waals surface area contributed by atoms with E-state index in [1.165, 1.54) is 0 Å². The third-order valence-corrected chi connectivity index (χ3v) is 4.31. The summed E-state index contributed by atoms with van der Waals surface area (Å²) in [4.78, 5) is 24.5. The lowest BCUT2D eigenvalue weighted by Gasteiger charge is -2.14. The highest BCUT2D eigenvalue weighted by Crippen LogP contribution is 2.65. The van der Waals surface area contributed by atoms with Crippen LogP contribution in [-0.2, 0) is 9.53 Å². The highest BCUT2D eigenvalue weighted by atomic mass is 19.1. The van der Waals surface area contributed by atoms with E-state index in [2.05, 4.69) is 4.74 Å². The summed E-state index contributed by atoms with van der Waals surface area (Å²) >= 11 is 0. The van der Waals surface area contributed by atoms with Gasteiger partial charge in [-0.15, -0.1) is 0 Å². The number of hydrogen-bond acceptors (Lipinski definition) is 3. The standard InChI is InChI=1S/C15H16FNO3/c1-15(2)11(9-6-4-3-5-7-9)12(15)13(18)17-10(16)8-20-14(17)19/h3-7,10-12H,8H2,1-2H3. The fourth-order valence-corrected chi connectivity index (χ4v) is 3.16. The Kier molecular flexibility index (Phi) is 2.81. The van der Waals surface area contributed by atoms with Crippen molar-refractivity contribution in [1.82, 2.24) is 4.90 Å². The van der Waals surface area contributed by atoms with Crippen LogP contribution in [0.25, 0.3) is 0 Å². The van der Waals surface area contributed by atoms with Gasteiger partial charge in [0.2, 0.25) is 12.2 Å². The Morgan fingerprint density at radius 2 is 2.00 bits per heavy atom. The van der Waals surface area contributed by atoms with Gasteiger partial charge in [-0.2, -0.15) is 0 Å². The van der Waals surface area contributed by atoms with Crippen LogP contribution >= 0.6 is 0 Å². The summed E-state index contributed by atoms with van der Waals surface area (Å²) in [5, 5.41) is 0. The van der Waals surface area contributed by atoms with Crippen LogP contribution in [-0.4, -0.2) is 29.8 Å². The number of imide groups is 1. The molecule has 3 rings (SSSR count). The number of carbonyl (C=O) groups is 2. The molecule has 1 aliphatic heterocycles. The maximum atomic E-state index is 13.6. The summed E-state index contributed by atoms with van der Waals surface area (Å²) in [7, 11) is 0. The zero-order chi connectivity index (χ0) is 14.5. The molecule has 1 saturated heterocycles. The smallest absolute Gasteiger partial charge is 0.419 e. The van der Waals surface area contributed by atoms with Gasteiger partial charge in [-0.05, 0) is 11.0 Å². The van der Waals surface area contributed by atoms with Gasteiger partial charge in [-0.3, -0.25) is 4.79 Å². The number of halogens is 1. The Balaban J connectivity index is 1.85. The zero-order valence-corrected chi connectivity index (χ0v) is 11.4. The SMILES string of the molecule is CC1(C)C(C(=O)N2C(=O)OCC2F)C1c1ccccc1. The number of carbonyl (C=O) groups excluding carboxylic acids is 2. The minimum absolute atomic E-state index is 0.0109. The lowest BCUT2D eigenvalue weighted by molar-refractivity contribution is -0.133. The number of rotatable bonds is 2. The van der Waals surface area contributed by atoms with E-state index in [-0.39, 0.29) is 23.9 Å². The van der Waals surface area contributed by atoms with Crippen LogP contribution in [0, 0.1) is 11.3 Å². The van der Waals surface area contributed by atoms with Gasteiger partial charge in [-0.1, -0.05) is 44.2 Å². The molecule has 1 aromatic carbocycles. The average molecular weight is 277 g/mol. The molecule has 0 N–H and O–H groups in total. The van der Waals surface area contributed by atoms with Gasteiger partial charge < -0.3 is 4.74 Å². The van der Waals surface area contributed by atoms with E-state index in [1.54, 1.807) is 0 Å². The minimum atomic E-state index is -1.66. The number of hydrogen-bond donors (Lipinski definition) is 0. The highest BCUT2D eigenvalue weighted by molar-refractivity contribution is 5.97. The van der Waals surface area contributed by atoms with Crippen molar-refractivity contribution in [2.45, 2.75) is 26.1 Å². The van der Waals surface area contributed by atoms with Crippen LogP contribution in [0.4, 0.5) is 9.18 Å². The second-order valence-electron chi connectivity index (χ2n) is 5.91. The number of cyclic esters (lactones) is 1. The van der Waals surface area contributed by atoms with Gasteiger partial charge in [0.05, 0.1) is 5.92 Å². The predicted octanol–water partition coefficient (Wildman–Crippen LogP) is 2.70. The summed E-state index contributed by atoms with van der Waals surface area (Å²) in [6.45, 7) is 3.55. The van der Waals surface area contributed by atoms with Crippen molar-refractivity contribution < 1.29 is 18.7 Å². The van der Waals surface area contributed by atoms with E-state index in [1.807, 2.05) is 44.2 Å². The van der Waals surface area contributed by atoms with Gasteiger partial charge in [0.1, 0.15) is 6.61 Å². The third-order valence-electron chi connectivity index (χ3n) is 4.31. The van der Waals surface area contributed by atoms with Crippen LogP contribution in [0.3, 0.4) is 0 Å². The van der Waals surface area contributed by atoms with Crippen molar-refractivity contribution in [3.63, 3.8) is 0 Å². The first-order valence-corrected chi connectivity index (χ1v) is 6.63. The molecule has 0 bridgehead atoms. The minimum Gasteiger partial charge on any atom is -0.444 e. The first-order valence-electron chi connectivity index (χ1n) is 6.63. The van der Waals surface area contributed by atoms with Gasteiger partial charge in [0, 0.05) is 5.92 Å². The molecule has 0 spiro atoms. The quantitative estimate of drug-likeness (QED) is 0.781. The molecular formula is C15H16FNO3. The zero-order valence-electron chi connectivity index (χ0n) is 11.4. The molecule has 2 fully saturated rings. The fraction of sp³-hybridized carbons (Fsp3) is 0.467. The third kappa shape index (κ3) is 1.80. The summed E-state index contributed by atoms with van der Waals surface area (Å²) in [5.74, 6) is -0.843. The van der Waals surface area contributed by atoms with Crippen molar-refractivity contribution in [3.8, 4) is 0 Å². The first-order chi connectivity index (χ1) is 9.44. The first kappa shape index (κ1) is 13.1. The lowest BCUT2D eigenvalue weighted by atomic mass is 10.0. The summed E-state index contributed by atoms with van der Waals surface area (Å²) in [6.07, 6.45) is -2.54. The van der Waals surface area contributed by atoms with E-state index in [0.29, 0.717) is 4.90 Å². The lowest BCUT2D eigenvalue weighted by Crippen LogP contribution is -2.38. The van der Waals surface area contributed by atoms with E-state index < -0.39 is 18.3 Å². The fourth-order valence-electron chi connectivity index (χ4n) is 3.16. The monoisotopic (exact) mass is 277 g/mol. The molecule has 1 aromatic rings. The number of alkyl halides is 1. The molecule has 1 aliphatic carbocycles. The molecule has 5 heteroatoms. The molecule has 1 heterocycles. The van der Waals surface area contributed by atoms with Gasteiger partial charge in [0.25, 0.3) is 0 Å². The van der Waals surface area contributed by atoms with Crippen molar-refractivity contribution in [2.24, 2.45) is 11.3 Å². The van der Waals surface area contributed by atoms with E-state index in [4.69, 9.17) is 0 Å². The topological polar surface area (TPSA) is 46.6 Å². The van der Waals surface area contributed by atoms with Crippen molar-refractivity contribution in [1.29, 1.82) is 0 Å². The molecule has 0 aromatic heterocycles. The Labute approximate surface area is 116 Å². The van der Waals surface area contributed by atoms with Crippen LogP contribution < -0.4 is 0 Å². The average Bonchev–Trinajstić information content (AvgIpc) is 2.84. The number of benzene rings is 1. The Morgan fingerprint density at radius 1 is 1.35 bits per heavy atom. The van der Waals surface area contributed by atoms with Gasteiger partial charge in [0.15, 0.2) is 0 Å². The number of ether oxygens (including phenoxy) is 1. The van der Waals surface area contributed by atoms with Crippen LogP contribution in [0.1, 0.15) is 25.3 Å². The van der Waals surface area contributed by atoms with Gasteiger partial charge >= 0.3 is 6.09 Å². The van der Waals surface area contributed by atoms with E-state index >= 15 is 0 Å². The van der Waals surface area contributed by atoms with Crippen LogP contribution in [0.2, 0.25) is 0 Å². The Morgan fingerprint density at radius 3 is 2.55 bits per heavy atom. The van der Waals surface area contributed by atoms with Crippen molar-refractivity contribution in [3.05, 3.63) is 35.9 Å². The largest absolute Gasteiger partial charge is 0.444 e. The second kappa shape index (κ2) is 4.30. The summed E-state index contributed by atoms with van der Waals surface area (Å²) < 4.78 is 18.2. The predicted molar refractivity (Wildman–Crippen MR) is 69.5 cm³/mol. The van der Waals surface area contributed by atoms with Gasteiger partial charge in [-0.25, -0.2) is 14.1 Å². The van der Waals surface area contributed by atoms with Crippen molar-refractivity contribution >= 4 is 12.0 Å². The molecule has 1 saturated carbocycles. The molecule has 106 valence electrons. The molecule has 2 aliphatic rings. The molecule has 4 nitrogen and oxygen atoms in total. The summed E-state index contributed by atoms with van der Waals surface area (Å²) in [5.41, 5.74) is 0.764. The number of amides is 2. The molecular weight excluding hydrogens is 261 g/mol. The van der Waals surface area contributed by atoms with Crippen LogP contribution in [0.15, 0.2) is 30.3 Å². The normalized spacial score (nSPS) is 31.1. The Hall–Kier alpha value is -1.91. The molecule has 3 atom stereocenters. The van der Waals surface area contributed by atoms with E-state index in [9.17, 15) is 14.0 Å². The molecule has 3 unspecified atom stereocenters. The molecule has 20 heavy (non-hydrogen) atoms. The number of nitrogens with zero attached hydrogens (tertiary/aromatic N) is 1. The summed E-state index contributed by atoms with van der Waals surface area (Å²) in [6, 6.07) is 9.63. The van der Waals surface area contributed by atoms with Crippen LogP contribution in [0.5, 0.6) is 0 Å².